The molecule has 1 heterocycles. The molecule has 1 unspecified atom stereocenters. The molecular formula is C22H21NO2. The van der Waals surface area contributed by atoms with Gasteiger partial charge in [-0.3, -0.25) is 9.78 Å². The van der Waals surface area contributed by atoms with E-state index < -0.39 is 6.10 Å². The maximum Gasteiger partial charge on any atom is 0.204 e. The van der Waals surface area contributed by atoms with E-state index in [9.17, 15) is 4.79 Å². The first-order chi connectivity index (χ1) is 12.3. The van der Waals surface area contributed by atoms with E-state index in [-0.39, 0.29) is 5.78 Å². The smallest absolute Gasteiger partial charge is 0.204 e. The maximum atomic E-state index is 12.7. The van der Waals surface area contributed by atoms with Crippen molar-refractivity contribution in [3.05, 3.63) is 84.7 Å². The molecule has 1 aromatic heterocycles. The number of pyridine rings is 1. The zero-order chi connectivity index (χ0) is 17.5. The number of benzene rings is 2. The number of nitrogens with zero attached hydrogens (tertiary/aromatic N) is 1. The fraction of sp³-hybridized carbons (Fsp3) is 0.182. The first-order valence-corrected chi connectivity index (χ1v) is 8.54. The highest BCUT2D eigenvalue weighted by molar-refractivity contribution is 5.99. The third-order valence-corrected chi connectivity index (χ3v) is 4.03. The molecule has 0 aliphatic carbocycles. The second kappa shape index (κ2) is 8.25. The van der Waals surface area contributed by atoms with Gasteiger partial charge in [0.05, 0.1) is 0 Å². The van der Waals surface area contributed by atoms with Gasteiger partial charge >= 0.3 is 0 Å². The predicted octanol–water partition coefficient (Wildman–Crippen LogP) is 5.18. The fourth-order valence-electron chi connectivity index (χ4n) is 2.72. The number of hydrogen-bond donors (Lipinski definition) is 0. The van der Waals surface area contributed by atoms with Crippen LogP contribution in [0.2, 0.25) is 0 Å². The van der Waals surface area contributed by atoms with Gasteiger partial charge in [-0.1, -0.05) is 55.8 Å². The highest BCUT2D eigenvalue weighted by atomic mass is 16.5. The minimum atomic E-state index is -0.489. The summed E-state index contributed by atoms with van der Waals surface area (Å²) in [6.45, 7) is 2.05. The van der Waals surface area contributed by atoms with E-state index in [4.69, 9.17) is 4.74 Å². The van der Waals surface area contributed by atoms with Crippen molar-refractivity contribution in [3.8, 4) is 16.9 Å². The van der Waals surface area contributed by atoms with Gasteiger partial charge in [-0.05, 0) is 41.8 Å². The van der Waals surface area contributed by atoms with Crippen LogP contribution >= 0.6 is 0 Å². The van der Waals surface area contributed by atoms with E-state index >= 15 is 0 Å². The van der Waals surface area contributed by atoms with Gasteiger partial charge in [0.2, 0.25) is 5.78 Å². The summed E-state index contributed by atoms with van der Waals surface area (Å²) in [5.41, 5.74) is 2.87. The molecule has 1 atom stereocenters. The summed E-state index contributed by atoms with van der Waals surface area (Å²) in [6, 6.07) is 21.6. The lowest BCUT2D eigenvalue weighted by atomic mass is 10.0. The van der Waals surface area contributed by atoms with Gasteiger partial charge in [-0.25, -0.2) is 0 Å². The van der Waals surface area contributed by atoms with Crippen LogP contribution in [-0.2, 0) is 0 Å². The van der Waals surface area contributed by atoms with Crippen molar-refractivity contribution < 1.29 is 9.53 Å². The molecule has 0 radical (unpaired) electrons. The highest BCUT2D eigenvalue weighted by Gasteiger charge is 2.21. The standard InChI is InChI=1S/C22H21NO2/c1-2-7-21(22(24)19-10-6-15-23-16-19)25-20-13-11-18(12-14-20)17-8-4-3-5-9-17/h3-6,8-16,21H,2,7H2,1H3. The van der Waals surface area contributed by atoms with Crippen molar-refractivity contribution in [2.75, 3.05) is 0 Å². The second-order valence-electron chi connectivity index (χ2n) is 5.89. The molecule has 0 spiro atoms. The molecule has 3 heteroatoms. The van der Waals surface area contributed by atoms with Gasteiger partial charge in [0.1, 0.15) is 5.75 Å². The van der Waals surface area contributed by atoms with Crippen LogP contribution in [0.5, 0.6) is 5.75 Å². The Kier molecular flexibility index (Phi) is 5.57. The number of ether oxygens (including phenoxy) is 1. The summed E-state index contributed by atoms with van der Waals surface area (Å²) in [5, 5.41) is 0. The first kappa shape index (κ1) is 16.9. The summed E-state index contributed by atoms with van der Waals surface area (Å²) in [4.78, 5) is 16.7. The van der Waals surface area contributed by atoms with Crippen LogP contribution in [0.1, 0.15) is 30.1 Å². The normalized spacial score (nSPS) is 11.7. The third-order valence-electron chi connectivity index (χ3n) is 4.03. The molecule has 0 N–H and O–H groups in total. The highest BCUT2D eigenvalue weighted by Crippen LogP contribution is 2.24. The Balaban J connectivity index is 1.75. The molecule has 3 rings (SSSR count). The van der Waals surface area contributed by atoms with Gasteiger partial charge in [0, 0.05) is 18.0 Å². The Bertz CT molecular complexity index is 798. The Labute approximate surface area is 148 Å². The van der Waals surface area contributed by atoms with Crippen molar-refractivity contribution in [1.29, 1.82) is 0 Å². The summed E-state index contributed by atoms with van der Waals surface area (Å²) in [5.74, 6) is 0.678. The minimum absolute atomic E-state index is 0.0258. The molecule has 0 saturated carbocycles. The van der Waals surface area contributed by atoms with Gasteiger partial charge in [0.15, 0.2) is 6.10 Å². The van der Waals surface area contributed by atoms with E-state index in [0.29, 0.717) is 17.7 Å². The van der Waals surface area contributed by atoms with Crippen LogP contribution in [0.15, 0.2) is 79.1 Å². The van der Waals surface area contributed by atoms with Crippen LogP contribution in [0.3, 0.4) is 0 Å². The average Bonchev–Trinajstić information content (AvgIpc) is 2.69. The molecular weight excluding hydrogens is 310 g/mol. The van der Waals surface area contributed by atoms with Crippen molar-refractivity contribution in [3.63, 3.8) is 0 Å². The summed E-state index contributed by atoms with van der Waals surface area (Å²) in [6.07, 6.45) is 4.31. The lowest BCUT2D eigenvalue weighted by Gasteiger charge is -2.17. The van der Waals surface area contributed by atoms with E-state index in [0.717, 1.165) is 17.5 Å². The topological polar surface area (TPSA) is 39.2 Å². The second-order valence-corrected chi connectivity index (χ2v) is 5.89. The van der Waals surface area contributed by atoms with Crippen molar-refractivity contribution in [1.82, 2.24) is 4.98 Å². The molecule has 0 aliphatic rings. The Morgan fingerprint density at radius 2 is 1.68 bits per heavy atom. The Morgan fingerprint density at radius 3 is 2.32 bits per heavy atom. The van der Waals surface area contributed by atoms with Gasteiger partial charge in [-0.2, -0.15) is 0 Å². The number of aromatic nitrogens is 1. The van der Waals surface area contributed by atoms with Crippen LogP contribution in [0, 0.1) is 0 Å². The first-order valence-electron chi connectivity index (χ1n) is 8.54. The van der Waals surface area contributed by atoms with Gasteiger partial charge < -0.3 is 4.74 Å². The van der Waals surface area contributed by atoms with Crippen molar-refractivity contribution >= 4 is 5.78 Å². The maximum absolute atomic E-state index is 12.7. The van der Waals surface area contributed by atoms with Crippen LogP contribution in [-0.4, -0.2) is 16.9 Å². The molecule has 0 bridgehead atoms. The zero-order valence-corrected chi connectivity index (χ0v) is 14.3. The lowest BCUT2D eigenvalue weighted by Crippen LogP contribution is -2.27. The largest absolute Gasteiger partial charge is 0.482 e. The Morgan fingerprint density at radius 1 is 0.960 bits per heavy atom. The van der Waals surface area contributed by atoms with Crippen LogP contribution in [0.4, 0.5) is 0 Å². The van der Waals surface area contributed by atoms with Crippen molar-refractivity contribution in [2.45, 2.75) is 25.9 Å². The number of carbonyl (C=O) groups excluding carboxylic acids is 1. The molecule has 0 saturated heterocycles. The summed E-state index contributed by atoms with van der Waals surface area (Å²) in [7, 11) is 0. The molecule has 0 fully saturated rings. The molecule has 3 nitrogen and oxygen atoms in total. The van der Waals surface area contributed by atoms with E-state index in [2.05, 4.69) is 17.1 Å². The molecule has 2 aromatic carbocycles. The number of hydrogen-bond acceptors (Lipinski definition) is 3. The van der Waals surface area contributed by atoms with E-state index in [1.54, 1.807) is 24.5 Å². The minimum Gasteiger partial charge on any atom is -0.482 e. The summed E-state index contributed by atoms with van der Waals surface area (Å²) < 4.78 is 5.98. The number of rotatable bonds is 7. The molecule has 3 aromatic rings. The fourth-order valence-corrected chi connectivity index (χ4v) is 2.72. The SMILES string of the molecule is CCCC(Oc1ccc(-c2ccccc2)cc1)C(=O)c1cccnc1. The number of carbonyl (C=O) groups is 1. The predicted molar refractivity (Wildman–Crippen MR) is 99.8 cm³/mol. The van der Waals surface area contributed by atoms with E-state index in [1.165, 1.54) is 0 Å². The number of ketones is 1. The summed E-state index contributed by atoms with van der Waals surface area (Å²) >= 11 is 0. The third kappa shape index (κ3) is 4.32. The lowest BCUT2D eigenvalue weighted by molar-refractivity contribution is 0.0777. The van der Waals surface area contributed by atoms with Crippen molar-refractivity contribution in [2.24, 2.45) is 0 Å². The quantitative estimate of drug-likeness (QED) is 0.560. The monoisotopic (exact) mass is 331 g/mol. The molecule has 126 valence electrons. The van der Waals surface area contributed by atoms with E-state index in [1.807, 2.05) is 49.4 Å². The average molecular weight is 331 g/mol. The zero-order valence-electron chi connectivity index (χ0n) is 14.3. The van der Waals surface area contributed by atoms with Gasteiger partial charge in [0.25, 0.3) is 0 Å². The van der Waals surface area contributed by atoms with Crippen LogP contribution < -0.4 is 4.74 Å². The number of Topliss-reactive ketones (excluding diaryl/α,β-unsaturated/α-hetero) is 1. The molecule has 25 heavy (non-hydrogen) atoms. The Hall–Kier alpha value is -2.94. The van der Waals surface area contributed by atoms with Gasteiger partial charge in [-0.15, -0.1) is 0 Å². The van der Waals surface area contributed by atoms with Crippen LogP contribution in [0.25, 0.3) is 11.1 Å². The molecule has 0 amide bonds. The molecule has 0 aliphatic heterocycles.